The molecule has 3 rings (SSSR count). The highest BCUT2D eigenvalue weighted by atomic mass is 127. The van der Waals surface area contributed by atoms with Gasteiger partial charge >= 0.3 is 0 Å². The minimum atomic E-state index is -3.66. The predicted octanol–water partition coefficient (Wildman–Crippen LogP) is 2.10. The van der Waals surface area contributed by atoms with Crippen LogP contribution in [0, 0.1) is 0 Å². The fourth-order valence-corrected chi connectivity index (χ4v) is 3.54. The van der Waals surface area contributed by atoms with Crippen molar-refractivity contribution in [2.75, 3.05) is 13.6 Å². The number of primary sulfonamides is 1. The molecule has 1 heterocycles. The van der Waals surface area contributed by atoms with Crippen molar-refractivity contribution in [2.24, 2.45) is 10.1 Å². The summed E-state index contributed by atoms with van der Waals surface area (Å²) in [6.45, 7) is 2.01. The third kappa shape index (κ3) is 7.64. The highest BCUT2D eigenvalue weighted by Gasteiger charge is 2.07. The molecule has 1 aromatic heterocycles. The fourth-order valence-electron chi connectivity index (χ4n) is 3.02. The van der Waals surface area contributed by atoms with Gasteiger partial charge in [-0.15, -0.1) is 24.0 Å². The highest BCUT2D eigenvalue weighted by Crippen LogP contribution is 2.11. The molecule has 0 spiro atoms. The van der Waals surface area contributed by atoms with Gasteiger partial charge in [-0.3, -0.25) is 9.67 Å². The summed E-state index contributed by atoms with van der Waals surface area (Å²) in [4.78, 5) is 4.38. The first-order valence-electron chi connectivity index (χ1n) is 9.56. The van der Waals surface area contributed by atoms with Gasteiger partial charge in [0, 0.05) is 32.5 Å². The van der Waals surface area contributed by atoms with Gasteiger partial charge in [0.25, 0.3) is 0 Å². The highest BCUT2D eigenvalue weighted by molar-refractivity contribution is 14.0. The van der Waals surface area contributed by atoms with Crippen LogP contribution in [0.1, 0.15) is 16.7 Å². The Hall–Kier alpha value is -2.44. The second-order valence-electron chi connectivity index (χ2n) is 6.76. The number of guanidine groups is 1. The van der Waals surface area contributed by atoms with E-state index in [1.165, 1.54) is 23.3 Å². The van der Waals surface area contributed by atoms with Crippen molar-refractivity contribution in [1.82, 2.24) is 20.4 Å². The Balaban J connectivity index is 0.00000341. The molecule has 0 unspecified atom stereocenters. The van der Waals surface area contributed by atoms with E-state index < -0.39 is 10.0 Å². The Bertz CT molecular complexity index is 1080. The SMILES string of the molecule is CN=C(NCCc1ccc(S(N)(=O)=O)cc1)NCc1ccccc1Cn1cccn1.I. The topological polar surface area (TPSA) is 114 Å². The number of rotatable bonds is 8. The first-order chi connectivity index (χ1) is 14.5. The summed E-state index contributed by atoms with van der Waals surface area (Å²) < 4.78 is 24.5. The number of benzene rings is 2. The molecule has 0 aliphatic rings. The first-order valence-corrected chi connectivity index (χ1v) is 11.1. The number of hydrogen-bond donors (Lipinski definition) is 3. The average Bonchev–Trinajstić information content (AvgIpc) is 3.24. The fraction of sp³-hybridized carbons (Fsp3) is 0.238. The number of nitrogens with two attached hydrogens (primary N) is 1. The number of halogens is 1. The number of aromatic nitrogens is 2. The zero-order chi connectivity index (χ0) is 21.4. The normalized spacial score (nSPS) is 11.6. The summed E-state index contributed by atoms with van der Waals surface area (Å²) in [6, 6.07) is 16.7. The van der Waals surface area contributed by atoms with Crippen molar-refractivity contribution in [3.05, 3.63) is 83.7 Å². The van der Waals surface area contributed by atoms with Gasteiger partial charge < -0.3 is 10.6 Å². The van der Waals surface area contributed by atoms with Gasteiger partial charge in [-0.2, -0.15) is 5.10 Å². The molecule has 0 atom stereocenters. The van der Waals surface area contributed by atoms with E-state index in [1.807, 2.05) is 29.1 Å². The summed E-state index contributed by atoms with van der Waals surface area (Å²) in [5.74, 6) is 0.699. The Morgan fingerprint density at radius 1 is 1.06 bits per heavy atom. The monoisotopic (exact) mass is 554 g/mol. The van der Waals surface area contributed by atoms with Crippen LogP contribution in [0.4, 0.5) is 0 Å². The Morgan fingerprint density at radius 3 is 2.39 bits per heavy atom. The van der Waals surface area contributed by atoms with Crippen molar-refractivity contribution in [1.29, 1.82) is 0 Å². The quantitative estimate of drug-likeness (QED) is 0.224. The molecular weight excluding hydrogens is 527 g/mol. The Kier molecular flexibility index (Phi) is 9.46. The van der Waals surface area contributed by atoms with Crippen LogP contribution in [0.5, 0.6) is 0 Å². The summed E-state index contributed by atoms with van der Waals surface area (Å²) in [7, 11) is -1.93. The van der Waals surface area contributed by atoms with E-state index in [-0.39, 0.29) is 28.9 Å². The molecule has 4 N–H and O–H groups in total. The summed E-state index contributed by atoms with van der Waals surface area (Å²) >= 11 is 0. The van der Waals surface area contributed by atoms with Gasteiger partial charge in [0.05, 0.1) is 11.4 Å². The van der Waals surface area contributed by atoms with Crippen LogP contribution < -0.4 is 15.8 Å². The number of hydrogen-bond acceptors (Lipinski definition) is 4. The molecule has 0 saturated heterocycles. The standard InChI is InChI=1S/C21H26N6O2S.HI/c1-23-21(24-13-11-17-7-9-20(10-8-17)30(22,28)29)25-15-18-5-2-3-6-19(18)16-27-14-4-12-26-27;/h2-10,12,14H,11,13,15-16H2,1H3,(H2,22,28,29)(H2,23,24,25);1H. The molecule has 3 aromatic rings. The maximum Gasteiger partial charge on any atom is 0.238 e. The largest absolute Gasteiger partial charge is 0.356 e. The molecule has 0 bridgehead atoms. The van der Waals surface area contributed by atoms with Gasteiger partial charge in [0.1, 0.15) is 0 Å². The number of nitrogens with zero attached hydrogens (tertiary/aromatic N) is 3. The summed E-state index contributed by atoms with van der Waals surface area (Å²) in [6.07, 6.45) is 4.44. The maximum atomic E-state index is 11.3. The van der Waals surface area contributed by atoms with Crippen LogP contribution in [0.15, 0.2) is 76.9 Å². The third-order valence-corrected chi connectivity index (χ3v) is 5.57. The predicted molar refractivity (Wildman–Crippen MR) is 133 cm³/mol. The minimum Gasteiger partial charge on any atom is -0.356 e. The van der Waals surface area contributed by atoms with Crippen LogP contribution in [0.3, 0.4) is 0 Å². The van der Waals surface area contributed by atoms with Crippen LogP contribution in [-0.4, -0.2) is 37.8 Å². The van der Waals surface area contributed by atoms with E-state index in [4.69, 9.17) is 5.14 Å². The zero-order valence-corrected chi connectivity index (χ0v) is 20.4. The number of nitrogens with one attached hydrogen (secondary N) is 2. The van der Waals surface area contributed by atoms with Gasteiger partial charge in [-0.1, -0.05) is 36.4 Å². The van der Waals surface area contributed by atoms with Crippen LogP contribution >= 0.6 is 24.0 Å². The lowest BCUT2D eigenvalue weighted by Crippen LogP contribution is -2.38. The molecule has 8 nitrogen and oxygen atoms in total. The van der Waals surface area contributed by atoms with Crippen molar-refractivity contribution < 1.29 is 8.42 Å². The van der Waals surface area contributed by atoms with E-state index in [0.717, 1.165) is 12.0 Å². The molecule has 0 aliphatic carbocycles. The molecule has 0 amide bonds. The number of sulfonamides is 1. The lowest BCUT2D eigenvalue weighted by molar-refractivity contribution is 0.598. The molecule has 0 radical (unpaired) electrons. The number of aliphatic imine (C=N–C) groups is 1. The van der Waals surface area contributed by atoms with Crippen molar-refractivity contribution in [2.45, 2.75) is 24.4 Å². The van der Waals surface area contributed by atoms with Crippen molar-refractivity contribution >= 4 is 40.0 Å². The minimum absolute atomic E-state index is 0. The van der Waals surface area contributed by atoms with E-state index in [1.54, 1.807) is 25.4 Å². The van der Waals surface area contributed by atoms with E-state index in [0.29, 0.717) is 25.6 Å². The van der Waals surface area contributed by atoms with Gasteiger partial charge in [0.2, 0.25) is 10.0 Å². The van der Waals surface area contributed by atoms with E-state index >= 15 is 0 Å². The van der Waals surface area contributed by atoms with Crippen LogP contribution in [0.2, 0.25) is 0 Å². The average molecular weight is 554 g/mol. The first kappa shape index (κ1) is 24.8. The van der Waals surface area contributed by atoms with E-state index in [9.17, 15) is 8.42 Å². The van der Waals surface area contributed by atoms with Crippen LogP contribution in [-0.2, 0) is 29.5 Å². The summed E-state index contributed by atoms with van der Waals surface area (Å²) in [5.41, 5.74) is 3.38. The lowest BCUT2D eigenvalue weighted by atomic mass is 10.1. The molecule has 31 heavy (non-hydrogen) atoms. The molecule has 0 aliphatic heterocycles. The molecular formula is C21H27IN6O2S. The maximum absolute atomic E-state index is 11.3. The summed E-state index contributed by atoms with van der Waals surface area (Å²) in [5, 5.41) is 16.0. The second-order valence-corrected chi connectivity index (χ2v) is 8.33. The molecule has 10 heteroatoms. The second kappa shape index (κ2) is 11.8. The smallest absolute Gasteiger partial charge is 0.238 e. The van der Waals surface area contributed by atoms with Crippen molar-refractivity contribution in [3.63, 3.8) is 0 Å². The van der Waals surface area contributed by atoms with Crippen molar-refractivity contribution in [3.8, 4) is 0 Å². The van der Waals surface area contributed by atoms with Gasteiger partial charge in [-0.25, -0.2) is 13.6 Å². The molecule has 0 saturated carbocycles. The van der Waals surface area contributed by atoms with E-state index in [2.05, 4.69) is 32.9 Å². The Labute approximate surface area is 200 Å². The molecule has 0 fully saturated rings. The van der Waals surface area contributed by atoms with Gasteiger partial charge in [0.15, 0.2) is 5.96 Å². The zero-order valence-electron chi connectivity index (χ0n) is 17.2. The molecule has 166 valence electrons. The Morgan fingerprint density at radius 2 is 1.77 bits per heavy atom. The third-order valence-electron chi connectivity index (χ3n) is 4.64. The lowest BCUT2D eigenvalue weighted by Gasteiger charge is -2.14. The van der Waals surface area contributed by atoms with Crippen LogP contribution in [0.25, 0.3) is 0 Å². The molecule has 2 aromatic carbocycles. The van der Waals surface area contributed by atoms with Gasteiger partial charge in [-0.05, 0) is 41.3 Å².